The van der Waals surface area contributed by atoms with Gasteiger partial charge < -0.3 is 9.72 Å². The van der Waals surface area contributed by atoms with Crippen LogP contribution in [0.15, 0.2) is 24.3 Å². The quantitative estimate of drug-likeness (QED) is 0.880. The molecule has 2 aromatic rings. The maximum atomic E-state index is 5.73. The lowest BCUT2D eigenvalue weighted by Crippen LogP contribution is -2.19. The number of rotatable bonds is 3. The SMILES string of the molecule is c1ccc2[nH]c(CCC3CCCCO3)nc2c1. The molecule has 1 aromatic heterocycles. The van der Waals surface area contributed by atoms with E-state index < -0.39 is 0 Å². The molecule has 3 heteroatoms. The summed E-state index contributed by atoms with van der Waals surface area (Å²) >= 11 is 0. The average Bonchev–Trinajstić information content (AvgIpc) is 2.80. The Balaban J connectivity index is 1.64. The van der Waals surface area contributed by atoms with E-state index in [2.05, 4.69) is 16.0 Å². The molecular weight excluding hydrogens is 212 g/mol. The Hall–Kier alpha value is -1.35. The predicted octanol–water partition coefficient (Wildman–Crippen LogP) is 3.06. The van der Waals surface area contributed by atoms with Crippen LogP contribution in [0.2, 0.25) is 0 Å². The Labute approximate surface area is 101 Å². The summed E-state index contributed by atoms with van der Waals surface area (Å²) in [6.07, 6.45) is 6.25. The zero-order valence-corrected chi connectivity index (χ0v) is 9.98. The Morgan fingerprint density at radius 3 is 3.06 bits per heavy atom. The number of aromatic amines is 1. The summed E-state index contributed by atoms with van der Waals surface area (Å²) in [6.45, 7) is 0.935. The first-order chi connectivity index (χ1) is 8.42. The van der Waals surface area contributed by atoms with Crippen molar-refractivity contribution < 1.29 is 4.74 Å². The molecule has 2 heterocycles. The smallest absolute Gasteiger partial charge is 0.107 e. The van der Waals surface area contributed by atoms with Gasteiger partial charge in [-0.15, -0.1) is 0 Å². The molecule has 0 bridgehead atoms. The summed E-state index contributed by atoms with van der Waals surface area (Å²) in [7, 11) is 0. The molecule has 1 aliphatic heterocycles. The molecule has 3 nitrogen and oxygen atoms in total. The van der Waals surface area contributed by atoms with E-state index >= 15 is 0 Å². The number of nitrogens with one attached hydrogen (secondary N) is 1. The van der Waals surface area contributed by atoms with Crippen LogP contribution >= 0.6 is 0 Å². The van der Waals surface area contributed by atoms with Gasteiger partial charge in [-0.05, 0) is 37.8 Å². The minimum absolute atomic E-state index is 0.442. The molecule has 90 valence electrons. The van der Waals surface area contributed by atoms with Gasteiger partial charge in [0.15, 0.2) is 0 Å². The maximum Gasteiger partial charge on any atom is 0.107 e. The number of fused-ring (bicyclic) bond motifs is 1. The van der Waals surface area contributed by atoms with Crippen LogP contribution in [0.1, 0.15) is 31.5 Å². The minimum Gasteiger partial charge on any atom is -0.378 e. The second kappa shape index (κ2) is 4.88. The van der Waals surface area contributed by atoms with Crippen LogP contribution < -0.4 is 0 Å². The first-order valence-corrected chi connectivity index (χ1v) is 6.47. The highest BCUT2D eigenvalue weighted by Gasteiger charge is 2.14. The van der Waals surface area contributed by atoms with Gasteiger partial charge in [-0.1, -0.05) is 12.1 Å². The maximum absolute atomic E-state index is 5.73. The third-order valence-electron chi connectivity index (χ3n) is 3.42. The first kappa shape index (κ1) is 10.8. The molecule has 3 rings (SSSR count). The summed E-state index contributed by atoms with van der Waals surface area (Å²) in [4.78, 5) is 7.95. The van der Waals surface area contributed by atoms with Crippen molar-refractivity contribution in [3.8, 4) is 0 Å². The third-order valence-corrected chi connectivity index (χ3v) is 3.42. The number of hydrogen-bond acceptors (Lipinski definition) is 2. The van der Waals surface area contributed by atoms with Crippen molar-refractivity contribution in [1.29, 1.82) is 0 Å². The zero-order valence-electron chi connectivity index (χ0n) is 9.98. The number of nitrogens with zero attached hydrogens (tertiary/aromatic N) is 1. The van der Waals surface area contributed by atoms with Gasteiger partial charge >= 0.3 is 0 Å². The third kappa shape index (κ3) is 2.50. The highest BCUT2D eigenvalue weighted by molar-refractivity contribution is 5.74. The van der Waals surface area contributed by atoms with Crippen LogP contribution in [0, 0.1) is 0 Å². The van der Waals surface area contributed by atoms with Crippen LogP contribution in [-0.2, 0) is 11.2 Å². The monoisotopic (exact) mass is 230 g/mol. The Morgan fingerprint density at radius 2 is 2.24 bits per heavy atom. The molecule has 0 spiro atoms. The van der Waals surface area contributed by atoms with Crippen molar-refractivity contribution >= 4 is 11.0 Å². The van der Waals surface area contributed by atoms with Crippen molar-refractivity contribution in [1.82, 2.24) is 9.97 Å². The largest absolute Gasteiger partial charge is 0.378 e. The molecular formula is C14H18N2O. The van der Waals surface area contributed by atoms with E-state index in [4.69, 9.17) is 4.74 Å². The van der Waals surface area contributed by atoms with Crippen LogP contribution in [0.4, 0.5) is 0 Å². The molecule has 1 saturated heterocycles. The number of aryl methyl sites for hydroxylation is 1. The molecule has 0 radical (unpaired) electrons. The second-order valence-corrected chi connectivity index (χ2v) is 4.73. The zero-order chi connectivity index (χ0) is 11.5. The van der Waals surface area contributed by atoms with Crippen LogP contribution in [0.3, 0.4) is 0 Å². The Morgan fingerprint density at radius 1 is 1.29 bits per heavy atom. The van der Waals surface area contributed by atoms with E-state index in [-0.39, 0.29) is 0 Å². The van der Waals surface area contributed by atoms with Crippen molar-refractivity contribution in [3.63, 3.8) is 0 Å². The van der Waals surface area contributed by atoms with Gasteiger partial charge in [-0.25, -0.2) is 4.98 Å². The Kier molecular flexibility index (Phi) is 3.10. The van der Waals surface area contributed by atoms with Gasteiger partial charge in [0.05, 0.1) is 17.1 Å². The predicted molar refractivity (Wildman–Crippen MR) is 68.0 cm³/mol. The molecule has 1 aromatic carbocycles. The summed E-state index contributed by atoms with van der Waals surface area (Å²) in [6, 6.07) is 8.18. The van der Waals surface area contributed by atoms with Gasteiger partial charge in [-0.2, -0.15) is 0 Å². The molecule has 1 aliphatic rings. The fraction of sp³-hybridized carbons (Fsp3) is 0.500. The topological polar surface area (TPSA) is 37.9 Å². The lowest BCUT2D eigenvalue weighted by molar-refractivity contribution is 0.0112. The van der Waals surface area contributed by atoms with Crippen molar-refractivity contribution in [2.75, 3.05) is 6.61 Å². The van der Waals surface area contributed by atoms with E-state index in [1.807, 2.05) is 18.2 Å². The molecule has 17 heavy (non-hydrogen) atoms. The number of ether oxygens (including phenoxy) is 1. The first-order valence-electron chi connectivity index (χ1n) is 6.47. The summed E-state index contributed by atoms with van der Waals surface area (Å²) < 4.78 is 5.73. The van der Waals surface area contributed by atoms with E-state index in [9.17, 15) is 0 Å². The van der Waals surface area contributed by atoms with Crippen LogP contribution in [0.25, 0.3) is 11.0 Å². The summed E-state index contributed by atoms with van der Waals surface area (Å²) in [5.41, 5.74) is 2.19. The molecule has 1 N–H and O–H groups in total. The molecule has 1 atom stereocenters. The van der Waals surface area contributed by atoms with E-state index in [0.717, 1.165) is 36.3 Å². The lowest BCUT2D eigenvalue weighted by Gasteiger charge is -2.21. The van der Waals surface area contributed by atoms with Gasteiger partial charge in [0.25, 0.3) is 0 Å². The van der Waals surface area contributed by atoms with Crippen LogP contribution in [0.5, 0.6) is 0 Å². The van der Waals surface area contributed by atoms with Gasteiger partial charge in [0.2, 0.25) is 0 Å². The standard InChI is InChI=1S/C14H18N2O/c1-2-7-13-12(6-1)15-14(16-13)9-8-11-5-3-4-10-17-11/h1-2,6-7,11H,3-5,8-10H2,(H,15,16). The Bertz CT molecular complexity index is 453. The molecule has 1 fully saturated rings. The lowest BCUT2D eigenvalue weighted by atomic mass is 10.0. The van der Waals surface area contributed by atoms with Gasteiger partial charge in [0, 0.05) is 13.0 Å². The van der Waals surface area contributed by atoms with Crippen LogP contribution in [-0.4, -0.2) is 22.7 Å². The molecule has 0 saturated carbocycles. The van der Waals surface area contributed by atoms with Crippen molar-refractivity contribution in [2.45, 2.75) is 38.2 Å². The molecule has 0 aliphatic carbocycles. The number of H-pyrrole nitrogens is 1. The summed E-state index contributed by atoms with van der Waals surface area (Å²) in [5.74, 6) is 1.08. The highest BCUT2D eigenvalue weighted by Crippen LogP contribution is 2.18. The normalized spacial score (nSPS) is 20.8. The van der Waals surface area contributed by atoms with E-state index in [1.165, 1.54) is 19.3 Å². The number of para-hydroxylation sites is 2. The fourth-order valence-corrected chi connectivity index (χ4v) is 2.46. The number of aromatic nitrogens is 2. The average molecular weight is 230 g/mol. The molecule has 1 unspecified atom stereocenters. The minimum atomic E-state index is 0.442. The summed E-state index contributed by atoms with van der Waals surface area (Å²) in [5, 5.41) is 0. The van der Waals surface area contributed by atoms with Crippen molar-refractivity contribution in [3.05, 3.63) is 30.1 Å². The van der Waals surface area contributed by atoms with E-state index in [0.29, 0.717) is 6.10 Å². The van der Waals surface area contributed by atoms with E-state index in [1.54, 1.807) is 0 Å². The van der Waals surface area contributed by atoms with Gasteiger partial charge in [0.1, 0.15) is 5.82 Å². The number of benzene rings is 1. The number of imidazole rings is 1. The second-order valence-electron chi connectivity index (χ2n) is 4.73. The highest BCUT2D eigenvalue weighted by atomic mass is 16.5. The number of hydrogen-bond donors (Lipinski definition) is 1. The fourth-order valence-electron chi connectivity index (χ4n) is 2.46. The molecule has 0 amide bonds. The van der Waals surface area contributed by atoms with Crippen molar-refractivity contribution in [2.24, 2.45) is 0 Å². The van der Waals surface area contributed by atoms with Gasteiger partial charge in [-0.3, -0.25) is 0 Å².